The maximum atomic E-state index is 12.5. The Morgan fingerprint density at radius 3 is 1.18 bits per heavy atom. The minimum Gasteiger partial charge on any atom is -0.466 e. The van der Waals surface area contributed by atoms with E-state index in [1.54, 1.807) is 0 Å². The molecule has 65 heavy (non-hydrogen) atoms. The van der Waals surface area contributed by atoms with Gasteiger partial charge in [-0.1, -0.05) is 243 Å². The molecule has 0 saturated carbocycles. The lowest BCUT2D eigenvalue weighted by molar-refractivity contribution is -0.143. The summed E-state index contributed by atoms with van der Waals surface area (Å²) in [5, 5.41) is 23.3. The van der Waals surface area contributed by atoms with Crippen molar-refractivity contribution in [2.24, 2.45) is 0 Å². The standard InChI is InChI=1S/C59H111NO5/c1-3-5-7-9-11-13-15-17-19-21-23-27-31-35-39-43-47-51-57(62)56(55-61)60-58(63)52-48-44-40-36-32-28-24-22-26-30-34-38-42-46-50-54-65-59(64)53-49-45-41-37-33-29-25-20-18-16-14-12-10-8-6-4-2/h20,22,25-26,30,34,56-57,61-62H,3-19,21,23-24,27-29,31-33,35-55H2,1-2H3,(H,60,63)/b25-20-,26-22-,34-30-. The van der Waals surface area contributed by atoms with Crippen molar-refractivity contribution in [3.8, 4) is 0 Å². The summed E-state index contributed by atoms with van der Waals surface area (Å²) in [6.45, 7) is 4.90. The third-order valence-corrected chi connectivity index (χ3v) is 13.2. The number of aliphatic hydroxyl groups is 2. The molecule has 0 aromatic carbocycles. The van der Waals surface area contributed by atoms with E-state index in [0.29, 0.717) is 25.9 Å². The highest BCUT2D eigenvalue weighted by molar-refractivity contribution is 5.76. The smallest absolute Gasteiger partial charge is 0.305 e. The number of hydrogen-bond acceptors (Lipinski definition) is 5. The van der Waals surface area contributed by atoms with Gasteiger partial charge in [-0.3, -0.25) is 9.59 Å². The van der Waals surface area contributed by atoms with Crippen LogP contribution in [0.2, 0.25) is 0 Å². The Kier molecular flexibility index (Phi) is 53.1. The molecule has 0 aliphatic carbocycles. The van der Waals surface area contributed by atoms with Crippen LogP contribution in [-0.2, 0) is 14.3 Å². The lowest BCUT2D eigenvalue weighted by Gasteiger charge is -2.22. The third kappa shape index (κ3) is 51.3. The van der Waals surface area contributed by atoms with Crippen molar-refractivity contribution in [3.05, 3.63) is 36.5 Å². The first kappa shape index (κ1) is 63.1. The van der Waals surface area contributed by atoms with Crippen molar-refractivity contribution < 1.29 is 24.5 Å². The number of rotatable bonds is 53. The Morgan fingerprint density at radius 2 is 0.769 bits per heavy atom. The fraction of sp³-hybridized carbons (Fsp3) is 0.864. The quantitative estimate of drug-likeness (QED) is 0.0244. The Morgan fingerprint density at radius 1 is 0.431 bits per heavy atom. The largest absolute Gasteiger partial charge is 0.466 e. The topological polar surface area (TPSA) is 95.9 Å². The number of esters is 1. The van der Waals surface area contributed by atoms with E-state index in [0.717, 1.165) is 77.0 Å². The number of carbonyl (C=O) groups excluding carboxylic acids is 2. The average molecular weight is 915 g/mol. The number of ether oxygens (including phenoxy) is 1. The fourth-order valence-corrected chi connectivity index (χ4v) is 8.74. The molecule has 0 aromatic heterocycles. The van der Waals surface area contributed by atoms with Crippen molar-refractivity contribution >= 4 is 11.9 Å². The lowest BCUT2D eigenvalue weighted by atomic mass is 10.0. The summed E-state index contributed by atoms with van der Waals surface area (Å²) in [7, 11) is 0. The molecule has 1 amide bonds. The van der Waals surface area contributed by atoms with Crippen molar-refractivity contribution in [2.45, 2.75) is 315 Å². The van der Waals surface area contributed by atoms with Gasteiger partial charge in [0, 0.05) is 12.8 Å². The molecule has 2 atom stereocenters. The van der Waals surface area contributed by atoms with E-state index in [4.69, 9.17) is 4.74 Å². The van der Waals surface area contributed by atoms with E-state index in [2.05, 4.69) is 55.6 Å². The molecular formula is C59H111NO5. The number of amides is 1. The molecule has 2 unspecified atom stereocenters. The van der Waals surface area contributed by atoms with Gasteiger partial charge in [-0.05, 0) is 83.5 Å². The molecule has 0 rings (SSSR count). The molecule has 0 radical (unpaired) electrons. The first-order valence-electron chi connectivity index (χ1n) is 28.8. The van der Waals surface area contributed by atoms with Crippen molar-refractivity contribution in [1.82, 2.24) is 5.32 Å². The van der Waals surface area contributed by atoms with E-state index in [1.165, 1.54) is 193 Å². The molecule has 0 fully saturated rings. The van der Waals surface area contributed by atoms with Crippen LogP contribution in [-0.4, -0.2) is 47.4 Å². The summed E-state index contributed by atoms with van der Waals surface area (Å²) >= 11 is 0. The molecule has 0 bridgehead atoms. The Labute approximate surface area is 404 Å². The zero-order chi connectivity index (χ0) is 47.2. The van der Waals surface area contributed by atoms with Crippen LogP contribution in [0.15, 0.2) is 36.5 Å². The van der Waals surface area contributed by atoms with Gasteiger partial charge < -0.3 is 20.3 Å². The normalized spacial score (nSPS) is 12.9. The Bertz CT molecular complexity index is 1060. The molecule has 0 aliphatic heterocycles. The second kappa shape index (κ2) is 54.7. The van der Waals surface area contributed by atoms with Gasteiger partial charge >= 0.3 is 5.97 Å². The molecule has 6 heteroatoms. The van der Waals surface area contributed by atoms with Crippen molar-refractivity contribution in [2.75, 3.05) is 13.2 Å². The highest BCUT2D eigenvalue weighted by Crippen LogP contribution is 2.17. The highest BCUT2D eigenvalue weighted by Gasteiger charge is 2.20. The predicted molar refractivity (Wildman–Crippen MR) is 283 cm³/mol. The Hall–Kier alpha value is -1.92. The van der Waals surface area contributed by atoms with Gasteiger partial charge in [0.15, 0.2) is 0 Å². The molecule has 3 N–H and O–H groups in total. The monoisotopic (exact) mass is 914 g/mol. The first-order chi connectivity index (χ1) is 32.0. The van der Waals surface area contributed by atoms with Crippen LogP contribution in [0.5, 0.6) is 0 Å². The van der Waals surface area contributed by atoms with Crippen LogP contribution in [0.1, 0.15) is 303 Å². The number of unbranched alkanes of at least 4 members (excludes halogenated alkanes) is 37. The predicted octanol–water partition coefficient (Wildman–Crippen LogP) is 17.6. The number of hydrogen-bond donors (Lipinski definition) is 3. The molecule has 6 nitrogen and oxygen atoms in total. The lowest BCUT2D eigenvalue weighted by Crippen LogP contribution is -2.45. The minimum atomic E-state index is -0.679. The molecule has 0 heterocycles. The number of allylic oxidation sites excluding steroid dienone is 6. The van der Waals surface area contributed by atoms with E-state index in [1.807, 2.05) is 0 Å². The van der Waals surface area contributed by atoms with Gasteiger partial charge in [-0.15, -0.1) is 0 Å². The van der Waals surface area contributed by atoms with Crippen molar-refractivity contribution in [1.29, 1.82) is 0 Å². The summed E-state index contributed by atoms with van der Waals surface area (Å²) in [5.74, 6) is -0.0855. The molecule has 0 aromatic rings. The molecule has 0 aliphatic rings. The van der Waals surface area contributed by atoms with E-state index in [9.17, 15) is 19.8 Å². The van der Waals surface area contributed by atoms with E-state index >= 15 is 0 Å². The Balaban J connectivity index is 3.52. The zero-order valence-electron chi connectivity index (χ0n) is 43.5. The molecule has 0 saturated heterocycles. The fourth-order valence-electron chi connectivity index (χ4n) is 8.74. The van der Waals surface area contributed by atoms with Gasteiger partial charge in [-0.2, -0.15) is 0 Å². The first-order valence-corrected chi connectivity index (χ1v) is 28.8. The average Bonchev–Trinajstić information content (AvgIpc) is 3.31. The second-order valence-electron chi connectivity index (χ2n) is 19.6. The summed E-state index contributed by atoms with van der Waals surface area (Å²) in [6.07, 6.45) is 67.0. The number of aliphatic hydroxyl groups excluding tert-OH is 2. The summed E-state index contributed by atoms with van der Waals surface area (Å²) < 4.78 is 5.45. The van der Waals surface area contributed by atoms with Crippen LogP contribution in [0, 0.1) is 0 Å². The second-order valence-corrected chi connectivity index (χ2v) is 19.6. The summed E-state index contributed by atoms with van der Waals surface area (Å²) in [5.41, 5.74) is 0. The third-order valence-electron chi connectivity index (χ3n) is 13.2. The maximum Gasteiger partial charge on any atom is 0.305 e. The van der Waals surface area contributed by atoms with Gasteiger partial charge in [-0.25, -0.2) is 0 Å². The van der Waals surface area contributed by atoms with E-state index < -0.39 is 12.1 Å². The van der Waals surface area contributed by atoms with E-state index in [-0.39, 0.29) is 18.5 Å². The number of nitrogens with one attached hydrogen (secondary N) is 1. The highest BCUT2D eigenvalue weighted by atomic mass is 16.5. The van der Waals surface area contributed by atoms with Crippen molar-refractivity contribution in [3.63, 3.8) is 0 Å². The molecular weight excluding hydrogens is 803 g/mol. The number of carbonyl (C=O) groups is 2. The van der Waals surface area contributed by atoms with Gasteiger partial charge in [0.05, 0.1) is 25.4 Å². The molecule has 0 spiro atoms. The SMILES string of the molecule is CCCCCCCCC/C=C\CCCCCCCC(=O)OCCCCC/C=C\C=C/CCCCCCCCC(=O)NC(CO)C(O)CCCCCCCCCCCCCCCCCCC. The summed E-state index contributed by atoms with van der Waals surface area (Å²) in [4.78, 5) is 24.5. The van der Waals surface area contributed by atoms with Crippen LogP contribution in [0.3, 0.4) is 0 Å². The van der Waals surface area contributed by atoms with Gasteiger partial charge in [0.1, 0.15) is 0 Å². The van der Waals surface area contributed by atoms with Crippen LogP contribution in [0.25, 0.3) is 0 Å². The van der Waals surface area contributed by atoms with Gasteiger partial charge in [0.2, 0.25) is 5.91 Å². The van der Waals surface area contributed by atoms with Crippen LogP contribution in [0.4, 0.5) is 0 Å². The minimum absolute atomic E-state index is 0.0290. The van der Waals surface area contributed by atoms with Crippen LogP contribution >= 0.6 is 0 Å². The summed E-state index contributed by atoms with van der Waals surface area (Å²) in [6, 6.07) is -0.559. The van der Waals surface area contributed by atoms with Crippen LogP contribution < -0.4 is 5.32 Å². The van der Waals surface area contributed by atoms with Gasteiger partial charge in [0.25, 0.3) is 0 Å². The zero-order valence-corrected chi connectivity index (χ0v) is 43.5. The molecule has 382 valence electrons. The maximum absolute atomic E-state index is 12.5.